The lowest BCUT2D eigenvalue weighted by Gasteiger charge is -2.07. The zero-order chi connectivity index (χ0) is 13.1. The summed E-state index contributed by atoms with van der Waals surface area (Å²) in [6.07, 6.45) is 2.54. The van der Waals surface area contributed by atoms with E-state index in [1.807, 2.05) is 0 Å². The third-order valence-corrected chi connectivity index (χ3v) is 2.30. The van der Waals surface area contributed by atoms with Crippen LogP contribution in [0.3, 0.4) is 0 Å². The molecule has 1 amide bonds. The Balaban J connectivity index is 2.22. The lowest BCUT2D eigenvalue weighted by Crippen LogP contribution is -2.12. The van der Waals surface area contributed by atoms with Gasteiger partial charge in [0, 0.05) is 11.9 Å². The Morgan fingerprint density at radius 1 is 1.39 bits per heavy atom. The molecule has 0 unspecified atom stereocenters. The summed E-state index contributed by atoms with van der Waals surface area (Å²) in [7, 11) is 0. The van der Waals surface area contributed by atoms with Crippen LogP contribution in [-0.2, 0) is 0 Å². The highest BCUT2D eigenvalue weighted by molar-refractivity contribution is 6.06. The van der Waals surface area contributed by atoms with E-state index in [2.05, 4.69) is 10.3 Å². The van der Waals surface area contributed by atoms with Gasteiger partial charge in [0.05, 0.1) is 17.4 Å². The second kappa shape index (κ2) is 4.70. The van der Waals surface area contributed by atoms with E-state index >= 15 is 0 Å². The van der Waals surface area contributed by atoms with Gasteiger partial charge in [0.25, 0.3) is 5.91 Å². The van der Waals surface area contributed by atoms with E-state index in [0.717, 1.165) is 12.3 Å². The average Bonchev–Trinajstić information content (AvgIpc) is 2.34. The molecular weight excluding hydrogens is 237 g/mol. The largest absolute Gasteiger partial charge is 0.505 e. The number of nitrogens with two attached hydrogens (primary N) is 1. The minimum absolute atomic E-state index is 0.0632. The SMILES string of the molecule is Nc1cc(NC(=O)c2ccncc2O)ccc1F. The maximum atomic E-state index is 12.9. The molecule has 0 atom stereocenters. The summed E-state index contributed by atoms with van der Waals surface area (Å²) >= 11 is 0. The van der Waals surface area contributed by atoms with Crippen molar-refractivity contribution < 1.29 is 14.3 Å². The van der Waals surface area contributed by atoms with Crippen LogP contribution in [0.15, 0.2) is 36.7 Å². The van der Waals surface area contributed by atoms with Gasteiger partial charge in [-0.05, 0) is 24.3 Å². The van der Waals surface area contributed by atoms with Gasteiger partial charge in [-0.2, -0.15) is 0 Å². The number of carbonyl (C=O) groups is 1. The first-order valence-corrected chi connectivity index (χ1v) is 5.07. The van der Waals surface area contributed by atoms with Crippen LogP contribution < -0.4 is 11.1 Å². The third kappa shape index (κ3) is 2.37. The highest BCUT2D eigenvalue weighted by atomic mass is 19.1. The molecule has 1 heterocycles. The minimum Gasteiger partial charge on any atom is -0.505 e. The van der Waals surface area contributed by atoms with Gasteiger partial charge in [-0.25, -0.2) is 4.39 Å². The van der Waals surface area contributed by atoms with Crippen LogP contribution in [0.2, 0.25) is 0 Å². The number of benzene rings is 1. The van der Waals surface area contributed by atoms with E-state index in [4.69, 9.17) is 5.73 Å². The molecule has 0 aliphatic heterocycles. The zero-order valence-electron chi connectivity index (χ0n) is 9.22. The number of aromatic hydroxyl groups is 1. The van der Waals surface area contributed by atoms with Crippen molar-refractivity contribution in [3.63, 3.8) is 0 Å². The van der Waals surface area contributed by atoms with Gasteiger partial charge in [0.1, 0.15) is 11.6 Å². The molecule has 1 aromatic carbocycles. The first-order chi connectivity index (χ1) is 8.58. The first-order valence-electron chi connectivity index (χ1n) is 5.07. The molecule has 2 rings (SSSR count). The Morgan fingerprint density at radius 2 is 2.17 bits per heavy atom. The number of nitrogens with zero attached hydrogens (tertiary/aromatic N) is 1. The summed E-state index contributed by atoms with van der Waals surface area (Å²) in [6, 6.07) is 5.20. The molecule has 4 N–H and O–H groups in total. The zero-order valence-corrected chi connectivity index (χ0v) is 9.22. The van der Waals surface area contributed by atoms with Crippen LogP contribution in [0.1, 0.15) is 10.4 Å². The van der Waals surface area contributed by atoms with Crippen LogP contribution in [0.5, 0.6) is 5.75 Å². The molecular formula is C12H10FN3O2. The minimum atomic E-state index is -0.556. The fraction of sp³-hybridized carbons (Fsp3) is 0. The van der Waals surface area contributed by atoms with Gasteiger partial charge >= 0.3 is 0 Å². The molecule has 0 radical (unpaired) electrons. The standard InChI is InChI=1S/C12H10FN3O2/c13-9-2-1-7(5-10(9)14)16-12(18)8-3-4-15-6-11(8)17/h1-6,17H,14H2,(H,16,18). The number of pyridine rings is 1. The van der Waals surface area contributed by atoms with Crippen LogP contribution in [-0.4, -0.2) is 16.0 Å². The van der Waals surface area contributed by atoms with E-state index in [0.29, 0.717) is 5.69 Å². The second-order valence-electron chi connectivity index (χ2n) is 3.58. The van der Waals surface area contributed by atoms with Gasteiger partial charge < -0.3 is 16.2 Å². The molecule has 0 saturated heterocycles. The van der Waals surface area contributed by atoms with Gasteiger partial charge in [0.15, 0.2) is 0 Å². The smallest absolute Gasteiger partial charge is 0.259 e. The number of nitrogen functional groups attached to an aromatic ring is 1. The highest BCUT2D eigenvalue weighted by Gasteiger charge is 2.11. The number of amides is 1. The maximum absolute atomic E-state index is 12.9. The Hall–Kier alpha value is -2.63. The Kier molecular flexibility index (Phi) is 3.09. The molecule has 5 nitrogen and oxygen atoms in total. The Labute approximate surface area is 102 Å². The first kappa shape index (κ1) is 11.8. The molecule has 92 valence electrons. The van der Waals surface area contributed by atoms with Gasteiger partial charge in [-0.15, -0.1) is 0 Å². The summed E-state index contributed by atoms with van der Waals surface area (Å²) in [5.74, 6) is -1.31. The molecule has 0 aliphatic carbocycles. The predicted octanol–water partition coefficient (Wildman–Crippen LogP) is 1.76. The summed E-state index contributed by atoms with van der Waals surface area (Å²) in [4.78, 5) is 15.5. The molecule has 0 spiro atoms. The quantitative estimate of drug-likeness (QED) is 0.705. The lowest BCUT2D eigenvalue weighted by atomic mass is 10.2. The highest BCUT2D eigenvalue weighted by Crippen LogP contribution is 2.19. The number of halogens is 1. The van der Waals surface area contributed by atoms with Gasteiger partial charge in [-0.3, -0.25) is 9.78 Å². The number of anilines is 2. The fourth-order valence-electron chi connectivity index (χ4n) is 1.40. The van der Waals surface area contributed by atoms with Gasteiger partial charge in [0.2, 0.25) is 0 Å². The normalized spacial score (nSPS) is 10.1. The molecule has 0 fully saturated rings. The average molecular weight is 247 g/mol. The summed E-state index contributed by atoms with van der Waals surface area (Å²) in [5, 5.41) is 11.9. The molecule has 0 aliphatic rings. The van der Waals surface area contributed by atoms with E-state index in [1.54, 1.807) is 0 Å². The van der Waals surface area contributed by atoms with E-state index in [9.17, 15) is 14.3 Å². The van der Waals surface area contributed by atoms with E-state index < -0.39 is 11.7 Å². The second-order valence-corrected chi connectivity index (χ2v) is 3.58. The fourth-order valence-corrected chi connectivity index (χ4v) is 1.40. The van der Waals surface area contributed by atoms with Crippen molar-refractivity contribution in [3.05, 3.63) is 48.0 Å². The van der Waals surface area contributed by atoms with Crippen LogP contribution in [0.4, 0.5) is 15.8 Å². The van der Waals surface area contributed by atoms with Crippen molar-refractivity contribution >= 4 is 17.3 Å². The van der Waals surface area contributed by atoms with Gasteiger partial charge in [-0.1, -0.05) is 0 Å². The van der Waals surface area contributed by atoms with Crippen molar-refractivity contribution in [2.45, 2.75) is 0 Å². The molecule has 1 aromatic heterocycles. The predicted molar refractivity (Wildman–Crippen MR) is 64.7 cm³/mol. The van der Waals surface area contributed by atoms with E-state index in [-0.39, 0.29) is 17.0 Å². The Morgan fingerprint density at radius 3 is 2.83 bits per heavy atom. The number of nitrogens with one attached hydrogen (secondary N) is 1. The molecule has 18 heavy (non-hydrogen) atoms. The number of hydrogen-bond acceptors (Lipinski definition) is 4. The maximum Gasteiger partial charge on any atom is 0.259 e. The Bertz CT molecular complexity index is 602. The van der Waals surface area contributed by atoms with Crippen molar-refractivity contribution in [1.29, 1.82) is 0 Å². The lowest BCUT2D eigenvalue weighted by molar-refractivity contribution is 0.102. The molecule has 6 heteroatoms. The monoisotopic (exact) mass is 247 g/mol. The van der Waals surface area contributed by atoms with Crippen LogP contribution in [0.25, 0.3) is 0 Å². The van der Waals surface area contributed by atoms with E-state index in [1.165, 1.54) is 24.4 Å². The van der Waals surface area contributed by atoms with Crippen molar-refractivity contribution in [3.8, 4) is 5.75 Å². The molecule has 0 saturated carbocycles. The van der Waals surface area contributed by atoms with Crippen molar-refractivity contribution in [1.82, 2.24) is 4.98 Å². The number of hydrogen-bond donors (Lipinski definition) is 3. The third-order valence-electron chi connectivity index (χ3n) is 2.30. The van der Waals surface area contributed by atoms with Crippen LogP contribution >= 0.6 is 0 Å². The summed E-state index contributed by atoms with van der Waals surface area (Å²) in [5.41, 5.74) is 5.74. The van der Waals surface area contributed by atoms with Crippen molar-refractivity contribution in [2.24, 2.45) is 0 Å². The summed E-state index contributed by atoms with van der Waals surface area (Å²) in [6.45, 7) is 0. The number of aromatic nitrogens is 1. The van der Waals surface area contributed by atoms with Crippen molar-refractivity contribution in [2.75, 3.05) is 11.1 Å². The molecule has 0 bridgehead atoms. The number of rotatable bonds is 2. The topological polar surface area (TPSA) is 88.2 Å². The number of carbonyl (C=O) groups excluding carboxylic acids is 1. The van der Waals surface area contributed by atoms with Crippen LogP contribution in [0, 0.1) is 5.82 Å². The molecule has 2 aromatic rings. The summed E-state index contributed by atoms with van der Waals surface area (Å²) < 4.78 is 12.9.